The number of alkyl halides is 1. The van der Waals surface area contributed by atoms with Gasteiger partial charge in [0, 0.05) is 76.3 Å². The fraction of sp³-hybridized carbons (Fsp3) is 0.448. The van der Waals surface area contributed by atoms with Crippen LogP contribution in [0.3, 0.4) is 0 Å². The number of carbonyl (C=O) groups excluding carboxylic acids is 1. The molecule has 7 nitrogen and oxygen atoms in total. The van der Waals surface area contributed by atoms with E-state index in [9.17, 15) is 9.18 Å². The molecule has 1 atom stereocenters. The highest BCUT2D eigenvalue weighted by Gasteiger charge is 2.45. The minimum Gasteiger partial charge on any atom is -0.340 e. The average Bonchev–Trinajstić information content (AvgIpc) is 3.34. The van der Waals surface area contributed by atoms with Gasteiger partial charge in [0.2, 0.25) is 0 Å². The van der Waals surface area contributed by atoms with Gasteiger partial charge in [-0.15, -0.1) is 0 Å². The number of aromatic nitrogens is 3. The molecule has 0 N–H and O–H groups in total. The Morgan fingerprint density at radius 2 is 1.82 bits per heavy atom. The van der Waals surface area contributed by atoms with E-state index in [4.69, 9.17) is 4.98 Å². The monoisotopic (exact) mass is 518 g/mol. The summed E-state index contributed by atoms with van der Waals surface area (Å²) in [6, 6.07) is 8.60. The lowest BCUT2D eigenvalue weighted by Crippen LogP contribution is -2.54. The Morgan fingerprint density at radius 3 is 2.53 bits per heavy atom. The number of aliphatic imine (C=N–C) groups is 1. The Balaban J connectivity index is 1.13. The summed E-state index contributed by atoms with van der Waals surface area (Å²) in [6.07, 6.45) is 11.8. The van der Waals surface area contributed by atoms with E-state index in [0.29, 0.717) is 44.5 Å². The van der Waals surface area contributed by atoms with E-state index in [-0.39, 0.29) is 36.6 Å². The van der Waals surface area contributed by atoms with Crippen LogP contribution in [-0.4, -0.2) is 68.3 Å². The summed E-state index contributed by atoms with van der Waals surface area (Å²) in [4.78, 5) is 30.7. The number of amides is 1. The zero-order valence-corrected chi connectivity index (χ0v) is 21.3. The smallest absolute Gasteiger partial charge is 0.260 e. The Bertz CT molecular complexity index is 1350. The van der Waals surface area contributed by atoms with Crippen LogP contribution in [-0.2, 0) is 11.3 Å². The maximum Gasteiger partial charge on any atom is 0.260 e. The molecule has 5 heterocycles. The van der Waals surface area contributed by atoms with Gasteiger partial charge in [-0.1, -0.05) is 6.08 Å². The molecule has 0 saturated carbocycles. The summed E-state index contributed by atoms with van der Waals surface area (Å²) in [6.45, 7) is 2.83. The Hall–Kier alpha value is -3.46. The third kappa shape index (κ3) is 4.87. The van der Waals surface area contributed by atoms with Crippen LogP contribution in [0.5, 0.6) is 0 Å². The van der Waals surface area contributed by atoms with Crippen molar-refractivity contribution in [2.24, 2.45) is 4.99 Å². The first-order valence-corrected chi connectivity index (χ1v) is 13.5. The molecule has 9 heteroatoms. The zero-order valence-electron chi connectivity index (χ0n) is 21.3. The van der Waals surface area contributed by atoms with E-state index >= 15 is 4.39 Å². The van der Waals surface area contributed by atoms with Crippen LogP contribution >= 0.6 is 0 Å². The largest absolute Gasteiger partial charge is 0.340 e. The third-order valence-corrected chi connectivity index (χ3v) is 8.13. The molecule has 3 aliphatic rings. The van der Waals surface area contributed by atoms with Crippen molar-refractivity contribution in [2.75, 3.05) is 26.2 Å². The number of dihydropyridines is 1. The minimum absolute atomic E-state index is 0.0865. The number of imidazole rings is 1. The van der Waals surface area contributed by atoms with E-state index < -0.39 is 5.67 Å². The molecular weight excluding hydrogens is 486 g/mol. The maximum atomic E-state index is 15.9. The number of halogens is 2. The van der Waals surface area contributed by atoms with Crippen molar-refractivity contribution in [3.63, 3.8) is 0 Å². The molecule has 3 aliphatic heterocycles. The SMILES string of the molecule is O=C(N1CCC(n2c(C3CC=CC=N3)nc3cc(F)ccc32)CC1)C1(F)CCN(Cc2ccncc2)CC1. The van der Waals surface area contributed by atoms with Gasteiger partial charge >= 0.3 is 0 Å². The molecule has 1 unspecified atom stereocenters. The van der Waals surface area contributed by atoms with Gasteiger partial charge in [0.05, 0.1) is 11.0 Å². The van der Waals surface area contributed by atoms with Crippen LogP contribution in [0, 0.1) is 5.82 Å². The number of nitrogens with zero attached hydrogens (tertiary/aromatic N) is 6. The predicted octanol–water partition coefficient (Wildman–Crippen LogP) is 4.81. The van der Waals surface area contributed by atoms with Gasteiger partial charge in [-0.05, 0) is 55.2 Å². The van der Waals surface area contributed by atoms with E-state index in [1.165, 1.54) is 12.1 Å². The van der Waals surface area contributed by atoms with Crippen molar-refractivity contribution >= 4 is 23.2 Å². The van der Waals surface area contributed by atoms with Gasteiger partial charge in [-0.25, -0.2) is 13.8 Å². The van der Waals surface area contributed by atoms with Crippen molar-refractivity contribution in [3.05, 3.63) is 72.1 Å². The second-order valence-electron chi connectivity index (χ2n) is 10.6. The third-order valence-electron chi connectivity index (χ3n) is 8.13. The van der Waals surface area contributed by atoms with E-state index in [2.05, 4.69) is 25.5 Å². The summed E-state index contributed by atoms with van der Waals surface area (Å²) in [5.41, 5.74) is 0.822. The number of likely N-dealkylation sites (tertiary alicyclic amines) is 2. The summed E-state index contributed by atoms with van der Waals surface area (Å²) in [5.74, 6) is 0.125. The molecule has 3 aromatic rings. The first-order valence-electron chi connectivity index (χ1n) is 13.5. The molecule has 38 heavy (non-hydrogen) atoms. The lowest BCUT2D eigenvalue weighted by molar-refractivity contribution is -0.148. The summed E-state index contributed by atoms with van der Waals surface area (Å²) >= 11 is 0. The lowest BCUT2D eigenvalue weighted by atomic mass is 9.90. The van der Waals surface area contributed by atoms with Gasteiger partial charge in [0.25, 0.3) is 5.91 Å². The second kappa shape index (κ2) is 10.4. The molecule has 0 bridgehead atoms. The van der Waals surface area contributed by atoms with Crippen LogP contribution in [0.2, 0.25) is 0 Å². The van der Waals surface area contributed by atoms with Gasteiger partial charge < -0.3 is 9.47 Å². The molecule has 2 aromatic heterocycles. The fourth-order valence-corrected chi connectivity index (χ4v) is 6.00. The first-order chi connectivity index (χ1) is 18.5. The fourth-order valence-electron chi connectivity index (χ4n) is 6.00. The van der Waals surface area contributed by atoms with Crippen molar-refractivity contribution in [1.82, 2.24) is 24.3 Å². The van der Waals surface area contributed by atoms with Gasteiger partial charge in [-0.3, -0.25) is 19.7 Å². The Kier molecular flexibility index (Phi) is 6.78. The molecule has 0 aliphatic carbocycles. The highest BCUT2D eigenvalue weighted by Crippen LogP contribution is 2.36. The number of allylic oxidation sites excluding steroid dienone is 1. The zero-order chi connectivity index (χ0) is 26.1. The van der Waals surface area contributed by atoms with Gasteiger partial charge in [0.15, 0.2) is 5.67 Å². The van der Waals surface area contributed by atoms with Crippen molar-refractivity contribution in [2.45, 2.75) is 56.4 Å². The first kappa shape index (κ1) is 24.9. The molecule has 198 valence electrons. The molecule has 1 aromatic carbocycles. The van der Waals surface area contributed by atoms with Crippen LogP contribution in [0.1, 0.15) is 55.6 Å². The standard InChI is InChI=1S/C29H32F2N6O/c30-22-4-5-26-25(19-22)34-27(24-3-1-2-12-33-24)37(26)23-8-15-36(16-9-23)28(38)29(31)10-17-35(18-11-29)20-21-6-13-32-14-7-21/h1-2,4-7,12-14,19,23-24H,3,8-11,15-18,20H2. The number of piperidine rings is 2. The number of hydrogen-bond donors (Lipinski definition) is 0. The number of rotatable bonds is 5. The normalized spacial score (nSPS) is 22.3. The topological polar surface area (TPSA) is 66.6 Å². The molecule has 0 spiro atoms. The number of hydrogen-bond acceptors (Lipinski definition) is 5. The van der Waals surface area contributed by atoms with Crippen molar-refractivity contribution < 1.29 is 13.6 Å². The highest BCUT2D eigenvalue weighted by molar-refractivity contribution is 5.85. The summed E-state index contributed by atoms with van der Waals surface area (Å²) in [5, 5.41) is 0. The van der Waals surface area contributed by atoms with Crippen LogP contribution < -0.4 is 0 Å². The molecule has 1 amide bonds. The Labute approximate surface area is 220 Å². The average molecular weight is 519 g/mol. The van der Waals surface area contributed by atoms with Gasteiger partial charge in [0.1, 0.15) is 17.7 Å². The molecule has 0 radical (unpaired) electrons. The maximum absolute atomic E-state index is 15.9. The Morgan fingerprint density at radius 1 is 1.05 bits per heavy atom. The molecule has 2 saturated heterocycles. The van der Waals surface area contributed by atoms with Crippen molar-refractivity contribution in [3.8, 4) is 0 Å². The molecule has 6 rings (SSSR count). The minimum atomic E-state index is -1.81. The van der Waals surface area contributed by atoms with E-state index in [1.54, 1.807) is 29.6 Å². The van der Waals surface area contributed by atoms with Crippen LogP contribution in [0.15, 0.2) is 59.9 Å². The van der Waals surface area contributed by atoms with Crippen LogP contribution in [0.25, 0.3) is 11.0 Å². The second-order valence-corrected chi connectivity index (χ2v) is 10.6. The van der Waals surface area contributed by atoms with E-state index in [1.807, 2.05) is 18.2 Å². The molecular formula is C29H32F2N6O. The number of carbonyl (C=O) groups is 1. The number of benzene rings is 1. The van der Waals surface area contributed by atoms with Gasteiger partial charge in [-0.2, -0.15) is 0 Å². The highest BCUT2D eigenvalue weighted by atomic mass is 19.1. The predicted molar refractivity (Wildman–Crippen MR) is 142 cm³/mol. The van der Waals surface area contributed by atoms with Crippen molar-refractivity contribution in [1.29, 1.82) is 0 Å². The number of fused-ring (bicyclic) bond motifs is 1. The molecule has 2 fully saturated rings. The van der Waals surface area contributed by atoms with Crippen LogP contribution in [0.4, 0.5) is 8.78 Å². The quantitative estimate of drug-likeness (QED) is 0.486. The summed E-state index contributed by atoms with van der Waals surface area (Å²) in [7, 11) is 0. The lowest BCUT2D eigenvalue weighted by Gasteiger charge is -2.41. The number of pyridine rings is 1. The van der Waals surface area contributed by atoms with E-state index in [0.717, 1.165) is 29.9 Å². The summed E-state index contributed by atoms with van der Waals surface area (Å²) < 4.78 is 32.0.